The van der Waals surface area contributed by atoms with Crippen molar-refractivity contribution in [2.24, 2.45) is 4.99 Å². The molecular formula is C14H10ClN3O2. The summed E-state index contributed by atoms with van der Waals surface area (Å²) in [4.78, 5) is 17.8. The molecule has 1 aromatic heterocycles. The molecule has 0 atom stereocenters. The molecule has 0 unspecified atom stereocenters. The van der Waals surface area contributed by atoms with E-state index in [1.165, 1.54) is 6.21 Å². The predicted octanol–water partition coefficient (Wildman–Crippen LogP) is 2.66. The maximum Gasteiger partial charge on any atom is 0.268 e. The standard InChI is InChI=1S/C14H10ClN3O2/c1-8-11(6-16)13(19)18-14(20)12(8)7-17-10-4-2-9(15)3-5-10/h2-5,7H,1H3,(H2,18,19,20). The summed E-state index contributed by atoms with van der Waals surface area (Å²) in [5, 5.41) is 19.3. The maximum absolute atomic E-state index is 11.5. The molecule has 0 aliphatic heterocycles. The van der Waals surface area contributed by atoms with Gasteiger partial charge in [0.15, 0.2) is 0 Å². The zero-order chi connectivity index (χ0) is 14.7. The summed E-state index contributed by atoms with van der Waals surface area (Å²) in [6, 6.07) is 8.60. The Kier molecular flexibility index (Phi) is 3.87. The van der Waals surface area contributed by atoms with Gasteiger partial charge in [-0.3, -0.25) is 14.8 Å². The van der Waals surface area contributed by atoms with Gasteiger partial charge in [0.25, 0.3) is 5.56 Å². The fourth-order valence-electron chi connectivity index (χ4n) is 1.68. The SMILES string of the molecule is Cc1c(C=Nc2ccc(Cl)cc2)c(O)[nH]c(=O)c1C#N. The Hall–Kier alpha value is -2.58. The molecular weight excluding hydrogens is 278 g/mol. The van der Waals surface area contributed by atoms with E-state index in [2.05, 4.69) is 9.98 Å². The van der Waals surface area contributed by atoms with Gasteiger partial charge in [-0.2, -0.15) is 5.26 Å². The van der Waals surface area contributed by atoms with Crippen molar-refractivity contribution >= 4 is 23.5 Å². The number of H-pyrrole nitrogens is 1. The highest BCUT2D eigenvalue weighted by Crippen LogP contribution is 2.19. The van der Waals surface area contributed by atoms with E-state index >= 15 is 0 Å². The number of nitrogens with one attached hydrogen (secondary N) is 1. The first kappa shape index (κ1) is 13.8. The summed E-state index contributed by atoms with van der Waals surface area (Å²) in [6.07, 6.45) is 1.39. The maximum atomic E-state index is 11.5. The van der Waals surface area contributed by atoms with Gasteiger partial charge in [-0.15, -0.1) is 0 Å². The third kappa shape index (κ3) is 2.71. The Morgan fingerprint density at radius 3 is 2.65 bits per heavy atom. The van der Waals surface area contributed by atoms with Gasteiger partial charge in [-0.05, 0) is 36.8 Å². The van der Waals surface area contributed by atoms with Crippen LogP contribution in [0.3, 0.4) is 0 Å². The van der Waals surface area contributed by atoms with E-state index in [0.717, 1.165) is 0 Å². The van der Waals surface area contributed by atoms with E-state index in [-0.39, 0.29) is 11.4 Å². The Bertz CT molecular complexity index is 771. The highest BCUT2D eigenvalue weighted by atomic mass is 35.5. The number of aliphatic imine (C=N–C) groups is 1. The second-order valence-electron chi connectivity index (χ2n) is 4.06. The molecule has 0 bridgehead atoms. The van der Waals surface area contributed by atoms with Crippen LogP contribution in [0.15, 0.2) is 34.1 Å². The summed E-state index contributed by atoms with van der Waals surface area (Å²) < 4.78 is 0. The molecule has 0 aliphatic rings. The minimum atomic E-state index is -0.619. The lowest BCUT2D eigenvalue weighted by Crippen LogP contribution is -2.14. The van der Waals surface area contributed by atoms with Crippen molar-refractivity contribution in [3.63, 3.8) is 0 Å². The van der Waals surface area contributed by atoms with Gasteiger partial charge in [0.1, 0.15) is 11.6 Å². The number of aromatic nitrogens is 1. The number of pyridine rings is 1. The van der Waals surface area contributed by atoms with Gasteiger partial charge < -0.3 is 5.11 Å². The minimum absolute atomic E-state index is 0.0413. The van der Waals surface area contributed by atoms with E-state index in [1.807, 2.05) is 0 Å². The number of nitrogens with zero attached hydrogens (tertiary/aromatic N) is 2. The van der Waals surface area contributed by atoms with Crippen LogP contribution in [-0.2, 0) is 0 Å². The topological polar surface area (TPSA) is 89.2 Å². The minimum Gasteiger partial charge on any atom is -0.494 e. The fraction of sp³-hybridized carbons (Fsp3) is 0.0714. The molecule has 0 aliphatic carbocycles. The highest BCUT2D eigenvalue weighted by Gasteiger charge is 2.12. The number of aromatic amines is 1. The third-order valence-electron chi connectivity index (χ3n) is 2.77. The molecule has 0 saturated carbocycles. The van der Waals surface area contributed by atoms with Crippen LogP contribution in [0, 0.1) is 18.3 Å². The molecule has 2 N–H and O–H groups in total. The zero-order valence-electron chi connectivity index (χ0n) is 10.5. The molecule has 1 heterocycles. The molecule has 0 amide bonds. The van der Waals surface area contributed by atoms with Crippen molar-refractivity contribution in [3.8, 4) is 11.9 Å². The van der Waals surface area contributed by atoms with E-state index in [1.54, 1.807) is 37.3 Å². The lowest BCUT2D eigenvalue weighted by atomic mass is 10.1. The van der Waals surface area contributed by atoms with E-state index in [0.29, 0.717) is 21.8 Å². The summed E-state index contributed by atoms with van der Waals surface area (Å²) in [6.45, 7) is 1.58. The lowest BCUT2D eigenvalue weighted by molar-refractivity contribution is 0.450. The van der Waals surface area contributed by atoms with Gasteiger partial charge in [-0.25, -0.2) is 0 Å². The van der Waals surface area contributed by atoms with Crippen molar-refractivity contribution in [1.29, 1.82) is 5.26 Å². The molecule has 0 fully saturated rings. The molecule has 2 aromatic rings. The Morgan fingerprint density at radius 2 is 2.05 bits per heavy atom. The van der Waals surface area contributed by atoms with Crippen LogP contribution in [0.4, 0.5) is 5.69 Å². The first-order valence-corrected chi connectivity index (χ1v) is 6.06. The quantitative estimate of drug-likeness (QED) is 0.832. The van der Waals surface area contributed by atoms with Crippen molar-refractivity contribution in [2.45, 2.75) is 6.92 Å². The van der Waals surface area contributed by atoms with Gasteiger partial charge in [0, 0.05) is 11.2 Å². The largest absolute Gasteiger partial charge is 0.494 e. The lowest BCUT2D eigenvalue weighted by Gasteiger charge is -2.04. The van der Waals surface area contributed by atoms with Crippen LogP contribution in [-0.4, -0.2) is 16.3 Å². The molecule has 1 aromatic carbocycles. The molecule has 2 rings (SSSR count). The molecule has 5 nitrogen and oxygen atoms in total. The predicted molar refractivity (Wildman–Crippen MR) is 76.9 cm³/mol. The number of rotatable bonds is 2. The zero-order valence-corrected chi connectivity index (χ0v) is 11.3. The van der Waals surface area contributed by atoms with Crippen LogP contribution >= 0.6 is 11.6 Å². The van der Waals surface area contributed by atoms with Gasteiger partial charge in [-0.1, -0.05) is 11.6 Å². The Morgan fingerprint density at radius 1 is 1.40 bits per heavy atom. The second kappa shape index (κ2) is 5.59. The smallest absolute Gasteiger partial charge is 0.268 e. The number of halogens is 1. The summed E-state index contributed by atoms with van der Waals surface area (Å²) in [5.74, 6) is -0.316. The monoisotopic (exact) mass is 287 g/mol. The van der Waals surface area contributed by atoms with Crippen molar-refractivity contribution < 1.29 is 5.11 Å². The summed E-state index contributed by atoms with van der Waals surface area (Å²) >= 11 is 5.77. The van der Waals surface area contributed by atoms with Gasteiger partial charge >= 0.3 is 0 Å². The third-order valence-corrected chi connectivity index (χ3v) is 3.03. The summed E-state index contributed by atoms with van der Waals surface area (Å²) in [7, 11) is 0. The van der Waals surface area contributed by atoms with E-state index in [4.69, 9.17) is 16.9 Å². The number of benzene rings is 1. The molecule has 0 spiro atoms. The van der Waals surface area contributed by atoms with Crippen LogP contribution in [0.25, 0.3) is 0 Å². The first-order valence-electron chi connectivity index (χ1n) is 5.68. The van der Waals surface area contributed by atoms with E-state index in [9.17, 15) is 9.90 Å². The van der Waals surface area contributed by atoms with Gasteiger partial charge in [0.05, 0.1) is 11.3 Å². The van der Waals surface area contributed by atoms with Crippen molar-refractivity contribution in [2.75, 3.05) is 0 Å². The van der Waals surface area contributed by atoms with Crippen LogP contribution in [0.1, 0.15) is 16.7 Å². The van der Waals surface area contributed by atoms with Crippen molar-refractivity contribution in [1.82, 2.24) is 4.98 Å². The Labute approximate surface area is 119 Å². The van der Waals surface area contributed by atoms with E-state index < -0.39 is 5.56 Å². The van der Waals surface area contributed by atoms with Crippen molar-refractivity contribution in [3.05, 3.63) is 56.3 Å². The average Bonchev–Trinajstić information content (AvgIpc) is 2.40. The second-order valence-corrected chi connectivity index (χ2v) is 4.50. The molecule has 0 saturated heterocycles. The molecule has 100 valence electrons. The fourth-order valence-corrected chi connectivity index (χ4v) is 1.80. The number of aromatic hydroxyl groups is 1. The molecule has 6 heteroatoms. The number of hydrogen-bond donors (Lipinski definition) is 2. The van der Waals surface area contributed by atoms with Crippen LogP contribution < -0.4 is 5.56 Å². The Balaban J connectivity index is 2.46. The average molecular weight is 288 g/mol. The van der Waals surface area contributed by atoms with Crippen LogP contribution in [0.5, 0.6) is 5.88 Å². The number of hydrogen-bond acceptors (Lipinski definition) is 4. The molecule has 20 heavy (non-hydrogen) atoms. The normalized spacial score (nSPS) is 10.7. The summed E-state index contributed by atoms with van der Waals surface area (Å²) in [5.41, 5.74) is 0.659. The first-order chi connectivity index (χ1) is 9.52. The molecule has 0 radical (unpaired) electrons. The van der Waals surface area contributed by atoms with Gasteiger partial charge in [0.2, 0.25) is 5.88 Å². The van der Waals surface area contributed by atoms with Crippen LogP contribution in [0.2, 0.25) is 5.02 Å². The highest BCUT2D eigenvalue weighted by molar-refractivity contribution is 6.30. The number of nitriles is 1.